The molecule has 8 heteroatoms. The molecule has 2 fully saturated rings. The summed E-state index contributed by atoms with van der Waals surface area (Å²) in [5.74, 6) is 0.313. The monoisotopic (exact) mass is 530 g/mol. The highest BCUT2D eigenvalue weighted by Crippen LogP contribution is 2.30. The van der Waals surface area contributed by atoms with E-state index in [0.29, 0.717) is 31.0 Å². The second-order valence-corrected chi connectivity index (χ2v) is 12.0. The first kappa shape index (κ1) is 28.4. The first-order chi connectivity index (χ1) is 18.0. The fourth-order valence-electron chi connectivity index (χ4n) is 5.56. The van der Waals surface area contributed by atoms with Gasteiger partial charge in [-0.3, -0.25) is 9.78 Å². The minimum atomic E-state index is -4.39. The van der Waals surface area contributed by atoms with Crippen molar-refractivity contribution in [2.45, 2.75) is 76.9 Å². The van der Waals surface area contributed by atoms with Crippen molar-refractivity contribution in [3.63, 3.8) is 0 Å². The van der Waals surface area contributed by atoms with E-state index in [0.717, 1.165) is 63.7 Å². The zero-order valence-corrected chi connectivity index (χ0v) is 22.9. The molecule has 1 amide bonds. The minimum Gasteiger partial charge on any atom is -0.382 e. The molecule has 1 atom stereocenters. The van der Waals surface area contributed by atoms with E-state index in [9.17, 15) is 18.0 Å². The summed E-state index contributed by atoms with van der Waals surface area (Å²) in [4.78, 5) is 21.0. The maximum absolute atomic E-state index is 13.0. The summed E-state index contributed by atoms with van der Waals surface area (Å²) in [6.45, 7) is 10.7. The molecule has 208 valence electrons. The van der Waals surface area contributed by atoms with Crippen LogP contribution >= 0.6 is 0 Å². The highest BCUT2D eigenvalue weighted by atomic mass is 19.4. The van der Waals surface area contributed by atoms with E-state index in [4.69, 9.17) is 0 Å². The van der Waals surface area contributed by atoms with Crippen LogP contribution in [0.1, 0.15) is 69.6 Å². The Bertz CT molecular complexity index is 1060. The van der Waals surface area contributed by atoms with Gasteiger partial charge in [0.05, 0.1) is 5.56 Å². The third-order valence-corrected chi connectivity index (χ3v) is 7.87. The Labute approximate surface area is 224 Å². The molecule has 2 saturated heterocycles. The van der Waals surface area contributed by atoms with Crippen LogP contribution in [0, 0.1) is 5.92 Å². The maximum atomic E-state index is 13.0. The van der Waals surface area contributed by atoms with Gasteiger partial charge >= 0.3 is 6.18 Å². The number of carbonyl (C=O) groups excluding carboxylic acids is 1. The number of piperidine rings is 2. The van der Waals surface area contributed by atoms with Gasteiger partial charge in [-0.15, -0.1) is 0 Å². The summed E-state index contributed by atoms with van der Waals surface area (Å²) in [6, 6.07) is 10.4. The molecule has 4 rings (SSSR count). The maximum Gasteiger partial charge on any atom is 0.417 e. The number of nitrogens with zero attached hydrogens (tertiary/aromatic N) is 3. The molecule has 0 spiro atoms. The highest BCUT2D eigenvalue weighted by Gasteiger charge is 2.31. The average Bonchev–Trinajstić information content (AvgIpc) is 2.88. The second-order valence-electron chi connectivity index (χ2n) is 12.0. The molecule has 0 radical (unpaired) electrons. The summed E-state index contributed by atoms with van der Waals surface area (Å²) >= 11 is 0. The fraction of sp³-hybridized carbons (Fsp3) is 0.600. The molecule has 38 heavy (non-hydrogen) atoms. The minimum absolute atomic E-state index is 0.149. The first-order valence-electron chi connectivity index (χ1n) is 13.9. The number of hydrogen-bond donors (Lipinski definition) is 1. The fourth-order valence-corrected chi connectivity index (χ4v) is 5.56. The van der Waals surface area contributed by atoms with Crippen LogP contribution in [0.15, 0.2) is 42.7 Å². The predicted octanol–water partition coefficient (Wildman–Crippen LogP) is 6.15. The van der Waals surface area contributed by atoms with E-state index >= 15 is 0 Å². The lowest BCUT2D eigenvalue weighted by atomic mass is 9.87. The molecular formula is C30H41F3N4O. The Balaban J connectivity index is 1.18. The standard InChI is InChI=1S/C30H41F3N4O/c1-29(2,3)24-6-8-26(9-7-24)35-27-10-14-36(15-11-27)16-12-28(38)37-13-4-5-22(21-37)17-23-18-25(20-34-19-23)30(31,32)33/h6-9,18-20,22,27,35H,4-5,10-17,21H2,1-3H3/t22-/m1/s1. The SMILES string of the molecule is CC(C)(C)c1ccc(NC2CCN(CCC(=O)N3CCC[C@H](Cc4cncc(C(F)(F)F)c4)C3)CC2)cc1. The van der Waals surface area contributed by atoms with Gasteiger partial charge in [-0.1, -0.05) is 32.9 Å². The summed E-state index contributed by atoms with van der Waals surface area (Å²) < 4.78 is 39.1. The Morgan fingerprint density at radius 3 is 2.37 bits per heavy atom. The van der Waals surface area contributed by atoms with Gasteiger partial charge in [-0.05, 0) is 72.8 Å². The molecule has 3 heterocycles. The average molecular weight is 531 g/mol. The van der Waals surface area contributed by atoms with Gasteiger partial charge in [0, 0.05) is 63.3 Å². The quantitative estimate of drug-likeness (QED) is 0.467. The molecule has 0 unspecified atom stereocenters. The highest BCUT2D eigenvalue weighted by molar-refractivity contribution is 5.76. The van der Waals surface area contributed by atoms with Crippen molar-refractivity contribution in [1.29, 1.82) is 0 Å². The molecule has 1 aromatic heterocycles. The van der Waals surface area contributed by atoms with Crippen molar-refractivity contribution in [1.82, 2.24) is 14.8 Å². The zero-order valence-electron chi connectivity index (χ0n) is 22.9. The third kappa shape index (κ3) is 7.95. The Kier molecular flexibility index (Phi) is 9.01. The second kappa shape index (κ2) is 12.1. The Morgan fingerprint density at radius 1 is 1.00 bits per heavy atom. The number of amides is 1. The van der Waals surface area contributed by atoms with E-state index in [1.165, 1.54) is 17.8 Å². The number of alkyl halides is 3. The summed E-state index contributed by atoms with van der Waals surface area (Å²) in [7, 11) is 0. The molecule has 5 nitrogen and oxygen atoms in total. The molecule has 1 N–H and O–H groups in total. The van der Waals surface area contributed by atoms with Crippen molar-refractivity contribution in [3.05, 3.63) is 59.4 Å². The van der Waals surface area contributed by atoms with Gasteiger partial charge in [0.1, 0.15) is 0 Å². The van der Waals surface area contributed by atoms with Crippen molar-refractivity contribution in [2.24, 2.45) is 5.92 Å². The van der Waals surface area contributed by atoms with Crippen LogP contribution in [0.25, 0.3) is 0 Å². The lowest BCUT2D eigenvalue weighted by molar-refractivity contribution is -0.138. The lowest BCUT2D eigenvalue weighted by Crippen LogP contribution is -2.43. The smallest absolute Gasteiger partial charge is 0.382 e. The van der Waals surface area contributed by atoms with Gasteiger partial charge in [-0.2, -0.15) is 13.2 Å². The van der Waals surface area contributed by atoms with E-state index < -0.39 is 11.7 Å². The third-order valence-electron chi connectivity index (χ3n) is 7.87. The van der Waals surface area contributed by atoms with E-state index in [1.807, 2.05) is 4.90 Å². The number of benzene rings is 1. The van der Waals surface area contributed by atoms with Crippen LogP contribution in [0.4, 0.5) is 18.9 Å². The van der Waals surface area contributed by atoms with Gasteiger partial charge < -0.3 is 15.1 Å². The van der Waals surface area contributed by atoms with Crippen LogP contribution in [0.2, 0.25) is 0 Å². The van der Waals surface area contributed by atoms with Crippen LogP contribution in [-0.4, -0.2) is 59.5 Å². The summed E-state index contributed by atoms with van der Waals surface area (Å²) in [5.41, 5.74) is 2.51. The molecule has 2 aliphatic heterocycles. The van der Waals surface area contributed by atoms with Crippen molar-refractivity contribution in [3.8, 4) is 0 Å². The largest absolute Gasteiger partial charge is 0.417 e. The van der Waals surface area contributed by atoms with Gasteiger partial charge in [0.15, 0.2) is 0 Å². The van der Waals surface area contributed by atoms with E-state index in [2.05, 4.69) is 60.2 Å². The number of aromatic nitrogens is 1. The number of halogens is 3. The van der Waals surface area contributed by atoms with Crippen LogP contribution in [-0.2, 0) is 22.8 Å². The zero-order chi connectivity index (χ0) is 27.3. The van der Waals surface area contributed by atoms with Crippen molar-refractivity contribution in [2.75, 3.05) is 38.0 Å². The van der Waals surface area contributed by atoms with Crippen molar-refractivity contribution >= 4 is 11.6 Å². The number of likely N-dealkylation sites (tertiary alicyclic amines) is 2. The number of anilines is 1. The number of nitrogens with one attached hydrogen (secondary N) is 1. The van der Waals surface area contributed by atoms with Gasteiger partial charge in [-0.25, -0.2) is 0 Å². The van der Waals surface area contributed by atoms with Gasteiger partial charge in [0.2, 0.25) is 5.91 Å². The van der Waals surface area contributed by atoms with E-state index in [1.54, 1.807) is 0 Å². The first-order valence-corrected chi connectivity index (χ1v) is 13.9. The topological polar surface area (TPSA) is 48.5 Å². The Morgan fingerprint density at radius 2 is 1.71 bits per heavy atom. The molecule has 0 aliphatic carbocycles. The summed E-state index contributed by atoms with van der Waals surface area (Å²) in [6.07, 6.45) is 2.89. The number of hydrogen-bond acceptors (Lipinski definition) is 4. The number of carbonyl (C=O) groups is 1. The van der Waals surface area contributed by atoms with E-state index in [-0.39, 0.29) is 17.2 Å². The molecule has 0 saturated carbocycles. The van der Waals surface area contributed by atoms with Crippen LogP contribution < -0.4 is 5.32 Å². The van der Waals surface area contributed by atoms with Crippen LogP contribution in [0.3, 0.4) is 0 Å². The predicted molar refractivity (Wildman–Crippen MR) is 145 cm³/mol. The summed E-state index contributed by atoms with van der Waals surface area (Å²) in [5, 5.41) is 3.66. The molecule has 0 bridgehead atoms. The molecule has 1 aromatic carbocycles. The van der Waals surface area contributed by atoms with Gasteiger partial charge in [0.25, 0.3) is 0 Å². The molecular weight excluding hydrogens is 489 g/mol. The number of pyridine rings is 1. The number of rotatable bonds is 7. The van der Waals surface area contributed by atoms with Crippen LogP contribution in [0.5, 0.6) is 0 Å². The van der Waals surface area contributed by atoms with Crippen molar-refractivity contribution < 1.29 is 18.0 Å². The lowest BCUT2D eigenvalue weighted by Gasteiger charge is -2.35. The molecule has 2 aliphatic rings. The molecule has 2 aromatic rings. The Hall–Kier alpha value is -2.61. The normalized spacial score (nSPS) is 19.9.